The summed E-state index contributed by atoms with van der Waals surface area (Å²) in [5.74, 6) is 1.24. The summed E-state index contributed by atoms with van der Waals surface area (Å²) in [5.41, 5.74) is 6.66. The highest BCUT2D eigenvalue weighted by molar-refractivity contribution is 6.30. The van der Waals surface area contributed by atoms with Crippen molar-refractivity contribution in [2.24, 2.45) is 5.73 Å². The van der Waals surface area contributed by atoms with E-state index in [0.29, 0.717) is 24.6 Å². The van der Waals surface area contributed by atoms with Gasteiger partial charge in [0.05, 0.1) is 0 Å². The number of rotatable bonds is 4. The lowest BCUT2D eigenvalue weighted by Gasteiger charge is -2.14. The molecule has 0 aliphatic heterocycles. The Kier molecular flexibility index (Phi) is 3.68. The second-order valence-electron chi connectivity index (χ2n) is 5.07. The highest BCUT2D eigenvalue weighted by atomic mass is 35.5. The Bertz CT molecular complexity index is 514. The van der Waals surface area contributed by atoms with E-state index >= 15 is 0 Å². The predicted octanol–water partition coefficient (Wildman–Crippen LogP) is 2.59. The van der Waals surface area contributed by atoms with Gasteiger partial charge in [-0.1, -0.05) is 28.9 Å². The fourth-order valence-electron chi connectivity index (χ4n) is 1.61. The minimum absolute atomic E-state index is 0.343. The van der Waals surface area contributed by atoms with Crippen LogP contribution in [0, 0.1) is 0 Å². The summed E-state index contributed by atoms with van der Waals surface area (Å²) in [5, 5.41) is 4.66. The van der Waals surface area contributed by atoms with E-state index in [1.165, 1.54) is 0 Å². The Labute approximate surface area is 111 Å². The van der Waals surface area contributed by atoms with Gasteiger partial charge in [0, 0.05) is 23.4 Å². The van der Waals surface area contributed by atoms with Gasteiger partial charge in [-0.15, -0.1) is 0 Å². The first-order valence-electron chi connectivity index (χ1n) is 5.77. The van der Waals surface area contributed by atoms with Crippen molar-refractivity contribution in [3.8, 4) is 0 Å². The third kappa shape index (κ3) is 3.82. The van der Waals surface area contributed by atoms with E-state index in [0.717, 1.165) is 10.6 Å². The van der Waals surface area contributed by atoms with Crippen molar-refractivity contribution in [2.45, 2.75) is 32.2 Å². The molecule has 0 saturated carbocycles. The van der Waals surface area contributed by atoms with E-state index in [9.17, 15) is 0 Å². The number of nitrogens with zero attached hydrogens (tertiary/aromatic N) is 2. The molecule has 0 aliphatic rings. The Morgan fingerprint density at radius 3 is 2.56 bits per heavy atom. The van der Waals surface area contributed by atoms with E-state index in [-0.39, 0.29) is 5.54 Å². The Morgan fingerprint density at radius 1 is 1.28 bits per heavy atom. The van der Waals surface area contributed by atoms with Gasteiger partial charge in [0.2, 0.25) is 5.89 Å². The summed E-state index contributed by atoms with van der Waals surface area (Å²) in [6.07, 6.45) is 1.20. The van der Waals surface area contributed by atoms with Crippen LogP contribution in [-0.4, -0.2) is 15.7 Å². The molecule has 96 valence electrons. The summed E-state index contributed by atoms with van der Waals surface area (Å²) in [7, 11) is 0. The van der Waals surface area contributed by atoms with Gasteiger partial charge in [-0.3, -0.25) is 0 Å². The van der Waals surface area contributed by atoms with Crippen molar-refractivity contribution >= 4 is 11.6 Å². The highest BCUT2D eigenvalue weighted by Crippen LogP contribution is 2.13. The molecule has 2 rings (SSSR count). The molecular formula is C13H16ClN3O. The van der Waals surface area contributed by atoms with Crippen LogP contribution in [0.15, 0.2) is 28.8 Å². The average molecular weight is 266 g/mol. The van der Waals surface area contributed by atoms with Gasteiger partial charge in [-0.2, -0.15) is 4.98 Å². The highest BCUT2D eigenvalue weighted by Gasteiger charge is 2.17. The van der Waals surface area contributed by atoms with E-state index in [2.05, 4.69) is 10.1 Å². The zero-order valence-corrected chi connectivity index (χ0v) is 11.2. The fourth-order valence-corrected chi connectivity index (χ4v) is 1.73. The van der Waals surface area contributed by atoms with E-state index in [1.807, 2.05) is 38.1 Å². The van der Waals surface area contributed by atoms with Gasteiger partial charge in [0.25, 0.3) is 0 Å². The van der Waals surface area contributed by atoms with Crippen LogP contribution in [0.3, 0.4) is 0 Å². The fraction of sp³-hybridized carbons (Fsp3) is 0.385. The van der Waals surface area contributed by atoms with Gasteiger partial charge >= 0.3 is 0 Å². The molecule has 1 aromatic heterocycles. The first kappa shape index (κ1) is 13.1. The number of nitrogens with two attached hydrogens (primary N) is 1. The average Bonchev–Trinajstić information content (AvgIpc) is 2.66. The molecule has 18 heavy (non-hydrogen) atoms. The number of halogens is 1. The van der Waals surface area contributed by atoms with Crippen LogP contribution in [-0.2, 0) is 12.8 Å². The third-order valence-electron chi connectivity index (χ3n) is 2.39. The maximum Gasteiger partial charge on any atom is 0.228 e. The van der Waals surface area contributed by atoms with Crippen LogP contribution in [0.5, 0.6) is 0 Å². The first-order valence-corrected chi connectivity index (χ1v) is 6.15. The van der Waals surface area contributed by atoms with Crippen molar-refractivity contribution in [1.29, 1.82) is 0 Å². The van der Waals surface area contributed by atoms with Gasteiger partial charge in [0.15, 0.2) is 5.82 Å². The summed E-state index contributed by atoms with van der Waals surface area (Å²) < 4.78 is 5.17. The summed E-state index contributed by atoms with van der Waals surface area (Å²) in [6.45, 7) is 3.85. The standard InChI is InChI=1S/C13H16ClN3O/c1-13(2,15)8-12-16-11(17-18-12)7-9-3-5-10(14)6-4-9/h3-6H,7-8,15H2,1-2H3. The maximum absolute atomic E-state index is 5.90. The van der Waals surface area contributed by atoms with E-state index in [1.54, 1.807) is 0 Å². The minimum atomic E-state index is -0.343. The minimum Gasteiger partial charge on any atom is -0.339 e. The molecule has 0 radical (unpaired) electrons. The van der Waals surface area contributed by atoms with E-state index < -0.39 is 0 Å². The van der Waals surface area contributed by atoms with Crippen LogP contribution in [0.2, 0.25) is 5.02 Å². The molecule has 4 nitrogen and oxygen atoms in total. The van der Waals surface area contributed by atoms with Crippen LogP contribution < -0.4 is 5.73 Å². The van der Waals surface area contributed by atoms with Crippen LogP contribution in [0.1, 0.15) is 31.1 Å². The Morgan fingerprint density at radius 2 is 1.94 bits per heavy atom. The summed E-state index contributed by atoms with van der Waals surface area (Å²) in [4.78, 5) is 4.32. The lowest BCUT2D eigenvalue weighted by atomic mass is 10.0. The lowest BCUT2D eigenvalue weighted by molar-refractivity contribution is 0.345. The predicted molar refractivity (Wildman–Crippen MR) is 70.5 cm³/mol. The molecule has 0 saturated heterocycles. The van der Waals surface area contributed by atoms with E-state index in [4.69, 9.17) is 21.9 Å². The first-order chi connectivity index (χ1) is 8.42. The molecule has 0 fully saturated rings. The third-order valence-corrected chi connectivity index (χ3v) is 2.64. The topological polar surface area (TPSA) is 64.9 Å². The zero-order chi connectivity index (χ0) is 13.2. The molecule has 0 unspecified atom stereocenters. The van der Waals surface area contributed by atoms with Crippen molar-refractivity contribution < 1.29 is 4.52 Å². The number of hydrogen-bond donors (Lipinski definition) is 1. The van der Waals surface area contributed by atoms with Crippen molar-refractivity contribution in [2.75, 3.05) is 0 Å². The summed E-state index contributed by atoms with van der Waals surface area (Å²) >= 11 is 5.83. The molecule has 1 aromatic carbocycles. The second kappa shape index (κ2) is 5.08. The van der Waals surface area contributed by atoms with Crippen LogP contribution in [0.4, 0.5) is 0 Å². The quantitative estimate of drug-likeness (QED) is 0.923. The Balaban J connectivity index is 2.04. The van der Waals surface area contributed by atoms with Gasteiger partial charge < -0.3 is 10.3 Å². The molecule has 0 aliphatic carbocycles. The van der Waals surface area contributed by atoms with Crippen molar-refractivity contribution in [1.82, 2.24) is 10.1 Å². The summed E-state index contributed by atoms with van der Waals surface area (Å²) in [6, 6.07) is 7.60. The zero-order valence-electron chi connectivity index (χ0n) is 10.5. The normalized spacial score (nSPS) is 11.8. The molecule has 0 amide bonds. The molecular weight excluding hydrogens is 250 g/mol. The molecule has 5 heteroatoms. The SMILES string of the molecule is CC(C)(N)Cc1nc(Cc2ccc(Cl)cc2)no1. The van der Waals surface area contributed by atoms with Gasteiger partial charge in [0.1, 0.15) is 0 Å². The number of hydrogen-bond acceptors (Lipinski definition) is 4. The number of benzene rings is 1. The van der Waals surface area contributed by atoms with Crippen molar-refractivity contribution in [3.05, 3.63) is 46.6 Å². The molecule has 0 spiro atoms. The lowest BCUT2D eigenvalue weighted by Crippen LogP contribution is -2.34. The monoisotopic (exact) mass is 265 g/mol. The molecule has 2 N–H and O–H groups in total. The second-order valence-corrected chi connectivity index (χ2v) is 5.51. The molecule has 1 heterocycles. The number of aromatic nitrogens is 2. The maximum atomic E-state index is 5.90. The van der Waals surface area contributed by atoms with Crippen LogP contribution in [0.25, 0.3) is 0 Å². The molecule has 0 bridgehead atoms. The van der Waals surface area contributed by atoms with Crippen molar-refractivity contribution in [3.63, 3.8) is 0 Å². The Hall–Kier alpha value is -1.39. The molecule has 2 aromatic rings. The van der Waals surface area contributed by atoms with Crippen LogP contribution >= 0.6 is 11.6 Å². The van der Waals surface area contributed by atoms with Gasteiger partial charge in [-0.05, 0) is 31.5 Å². The smallest absolute Gasteiger partial charge is 0.228 e. The van der Waals surface area contributed by atoms with Gasteiger partial charge in [-0.25, -0.2) is 0 Å². The largest absolute Gasteiger partial charge is 0.339 e. The molecule has 0 atom stereocenters.